The van der Waals surface area contributed by atoms with E-state index in [0.29, 0.717) is 6.04 Å². The van der Waals surface area contributed by atoms with E-state index in [4.69, 9.17) is 10.5 Å². The van der Waals surface area contributed by atoms with Crippen LogP contribution < -0.4 is 10.5 Å². The molecule has 118 valence electrons. The van der Waals surface area contributed by atoms with E-state index in [0.717, 1.165) is 24.4 Å². The van der Waals surface area contributed by atoms with Gasteiger partial charge in [-0.2, -0.15) is 0 Å². The number of hydrogen-bond donors (Lipinski definition) is 1. The van der Waals surface area contributed by atoms with Gasteiger partial charge in [0, 0.05) is 30.7 Å². The molecule has 21 heavy (non-hydrogen) atoms. The van der Waals surface area contributed by atoms with Gasteiger partial charge in [-0.05, 0) is 58.1 Å². The van der Waals surface area contributed by atoms with Gasteiger partial charge in [0.05, 0.1) is 7.11 Å². The molecule has 2 N–H and O–H groups in total. The largest absolute Gasteiger partial charge is 0.496 e. The van der Waals surface area contributed by atoms with Gasteiger partial charge in [0.1, 0.15) is 5.75 Å². The van der Waals surface area contributed by atoms with Crippen LogP contribution >= 0.6 is 0 Å². The van der Waals surface area contributed by atoms with E-state index < -0.39 is 0 Å². The van der Waals surface area contributed by atoms with Crippen LogP contribution in [0.25, 0.3) is 0 Å². The van der Waals surface area contributed by atoms with Crippen molar-refractivity contribution in [2.24, 2.45) is 5.73 Å². The molecule has 2 rings (SSSR count). The summed E-state index contributed by atoms with van der Waals surface area (Å²) < 4.78 is 5.49. The SMILES string of the molecule is COc1ccc(C(C)N)cc1CN(C)CC1CCCN1C. The summed E-state index contributed by atoms with van der Waals surface area (Å²) in [5, 5.41) is 0. The molecule has 0 aliphatic carbocycles. The molecular formula is C17H29N3O. The lowest BCUT2D eigenvalue weighted by Crippen LogP contribution is -2.36. The van der Waals surface area contributed by atoms with Crippen LogP contribution in [-0.2, 0) is 6.54 Å². The average molecular weight is 291 g/mol. The fraction of sp³-hybridized carbons (Fsp3) is 0.647. The molecular weight excluding hydrogens is 262 g/mol. The van der Waals surface area contributed by atoms with Crippen LogP contribution in [0.1, 0.15) is 36.9 Å². The number of likely N-dealkylation sites (N-methyl/N-ethyl adjacent to an activating group) is 2. The minimum absolute atomic E-state index is 0.0564. The number of rotatable bonds is 6. The normalized spacial score (nSPS) is 21.0. The zero-order valence-electron chi connectivity index (χ0n) is 13.8. The van der Waals surface area contributed by atoms with E-state index in [9.17, 15) is 0 Å². The molecule has 1 saturated heterocycles. The predicted octanol–water partition coefficient (Wildman–Crippen LogP) is 2.24. The minimum Gasteiger partial charge on any atom is -0.496 e. The zero-order chi connectivity index (χ0) is 15.4. The van der Waals surface area contributed by atoms with Gasteiger partial charge in [0.15, 0.2) is 0 Å². The molecule has 4 heteroatoms. The van der Waals surface area contributed by atoms with Crippen LogP contribution in [0.15, 0.2) is 18.2 Å². The average Bonchev–Trinajstić information content (AvgIpc) is 2.84. The van der Waals surface area contributed by atoms with Crippen LogP contribution in [0.4, 0.5) is 0 Å². The zero-order valence-corrected chi connectivity index (χ0v) is 13.8. The molecule has 0 saturated carbocycles. The van der Waals surface area contributed by atoms with Crippen molar-refractivity contribution < 1.29 is 4.74 Å². The maximum absolute atomic E-state index is 5.99. The Balaban J connectivity index is 2.04. The first-order chi connectivity index (χ1) is 10.0. The van der Waals surface area contributed by atoms with Gasteiger partial charge in [-0.1, -0.05) is 6.07 Å². The second-order valence-electron chi connectivity index (χ2n) is 6.33. The number of likely N-dealkylation sites (tertiary alicyclic amines) is 1. The Morgan fingerprint density at radius 3 is 2.81 bits per heavy atom. The smallest absolute Gasteiger partial charge is 0.123 e. The minimum atomic E-state index is 0.0564. The predicted molar refractivity (Wildman–Crippen MR) is 87.6 cm³/mol. The molecule has 1 aromatic rings. The molecule has 2 atom stereocenters. The highest BCUT2D eigenvalue weighted by Crippen LogP contribution is 2.24. The lowest BCUT2D eigenvalue weighted by atomic mass is 10.0. The summed E-state index contributed by atoms with van der Waals surface area (Å²) in [5.74, 6) is 0.950. The molecule has 1 aliphatic rings. The van der Waals surface area contributed by atoms with E-state index in [1.807, 2.05) is 13.0 Å². The highest BCUT2D eigenvalue weighted by molar-refractivity contribution is 5.38. The van der Waals surface area contributed by atoms with Crippen LogP contribution in [0.5, 0.6) is 5.75 Å². The van der Waals surface area contributed by atoms with Crippen LogP contribution in [-0.4, -0.2) is 50.1 Å². The van der Waals surface area contributed by atoms with Crippen LogP contribution in [0, 0.1) is 0 Å². The Bertz CT molecular complexity index is 461. The summed E-state index contributed by atoms with van der Waals surface area (Å²) in [6, 6.07) is 7.00. The number of nitrogens with zero attached hydrogens (tertiary/aromatic N) is 2. The van der Waals surface area contributed by atoms with Crippen molar-refractivity contribution in [1.29, 1.82) is 0 Å². The van der Waals surface area contributed by atoms with E-state index in [2.05, 4.69) is 36.0 Å². The number of ether oxygens (including phenoxy) is 1. The molecule has 0 spiro atoms. The quantitative estimate of drug-likeness (QED) is 0.873. The lowest BCUT2D eigenvalue weighted by molar-refractivity contribution is 0.214. The van der Waals surface area contributed by atoms with Gasteiger partial charge < -0.3 is 20.3 Å². The Hall–Kier alpha value is -1.10. The van der Waals surface area contributed by atoms with E-state index in [1.165, 1.54) is 24.9 Å². The monoisotopic (exact) mass is 291 g/mol. The fourth-order valence-corrected chi connectivity index (χ4v) is 3.13. The molecule has 1 heterocycles. The maximum atomic E-state index is 5.99. The summed E-state index contributed by atoms with van der Waals surface area (Å²) in [4.78, 5) is 4.85. The van der Waals surface area contributed by atoms with Gasteiger partial charge in [-0.25, -0.2) is 0 Å². The molecule has 0 radical (unpaired) electrons. The molecule has 1 aliphatic heterocycles. The Morgan fingerprint density at radius 1 is 1.48 bits per heavy atom. The van der Waals surface area contributed by atoms with Crippen molar-refractivity contribution in [3.8, 4) is 5.75 Å². The van der Waals surface area contributed by atoms with Crippen LogP contribution in [0.2, 0.25) is 0 Å². The lowest BCUT2D eigenvalue weighted by Gasteiger charge is -2.26. The van der Waals surface area contributed by atoms with Gasteiger partial charge in [0.25, 0.3) is 0 Å². The molecule has 0 aromatic heterocycles. The number of methoxy groups -OCH3 is 1. The van der Waals surface area contributed by atoms with Gasteiger partial charge in [0.2, 0.25) is 0 Å². The highest BCUT2D eigenvalue weighted by Gasteiger charge is 2.22. The summed E-state index contributed by atoms with van der Waals surface area (Å²) in [6.45, 7) is 5.24. The number of benzene rings is 1. The molecule has 0 amide bonds. The van der Waals surface area contributed by atoms with Crippen molar-refractivity contribution >= 4 is 0 Å². The molecule has 0 bridgehead atoms. The number of hydrogen-bond acceptors (Lipinski definition) is 4. The van der Waals surface area contributed by atoms with Crippen molar-refractivity contribution in [2.45, 2.75) is 38.4 Å². The summed E-state index contributed by atoms with van der Waals surface area (Å²) >= 11 is 0. The number of nitrogens with two attached hydrogens (primary N) is 1. The van der Waals surface area contributed by atoms with E-state index in [1.54, 1.807) is 7.11 Å². The maximum Gasteiger partial charge on any atom is 0.123 e. The van der Waals surface area contributed by atoms with E-state index in [-0.39, 0.29) is 6.04 Å². The van der Waals surface area contributed by atoms with E-state index >= 15 is 0 Å². The summed E-state index contributed by atoms with van der Waals surface area (Å²) in [6.07, 6.45) is 2.62. The van der Waals surface area contributed by atoms with Crippen molar-refractivity contribution in [2.75, 3.05) is 34.3 Å². The van der Waals surface area contributed by atoms with Crippen molar-refractivity contribution in [1.82, 2.24) is 9.80 Å². The van der Waals surface area contributed by atoms with Gasteiger partial charge >= 0.3 is 0 Å². The molecule has 1 aromatic carbocycles. The third-order valence-corrected chi connectivity index (χ3v) is 4.46. The standard InChI is InChI=1S/C17H29N3O/c1-13(18)14-7-8-17(21-4)15(10-14)11-19(2)12-16-6-5-9-20(16)3/h7-8,10,13,16H,5-6,9,11-12,18H2,1-4H3. The van der Waals surface area contributed by atoms with Crippen molar-refractivity contribution in [3.63, 3.8) is 0 Å². The Labute approximate surface area is 128 Å². The van der Waals surface area contributed by atoms with Crippen molar-refractivity contribution in [3.05, 3.63) is 29.3 Å². The second kappa shape index (κ2) is 7.25. The van der Waals surface area contributed by atoms with Crippen LogP contribution in [0.3, 0.4) is 0 Å². The molecule has 1 fully saturated rings. The van der Waals surface area contributed by atoms with Gasteiger partial charge in [-0.15, -0.1) is 0 Å². The Morgan fingerprint density at radius 2 is 2.24 bits per heavy atom. The second-order valence-corrected chi connectivity index (χ2v) is 6.33. The summed E-state index contributed by atoms with van der Waals surface area (Å²) in [7, 11) is 6.14. The third kappa shape index (κ3) is 4.19. The first-order valence-electron chi connectivity index (χ1n) is 7.82. The highest BCUT2D eigenvalue weighted by atomic mass is 16.5. The summed E-state index contributed by atoms with van der Waals surface area (Å²) in [5.41, 5.74) is 8.38. The topological polar surface area (TPSA) is 41.7 Å². The molecule has 2 unspecified atom stereocenters. The fourth-order valence-electron chi connectivity index (χ4n) is 3.13. The first kappa shape index (κ1) is 16.3. The third-order valence-electron chi connectivity index (χ3n) is 4.46. The van der Waals surface area contributed by atoms with Gasteiger partial charge in [-0.3, -0.25) is 0 Å². The molecule has 4 nitrogen and oxygen atoms in total. The Kier molecular flexibility index (Phi) is 5.62. The first-order valence-corrected chi connectivity index (χ1v) is 7.82.